The number of carbonyl (C=O) groups is 4. The second-order valence-corrected chi connectivity index (χ2v) is 8.65. The maximum atomic E-state index is 13.0. The molecule has 3 aliphatic rings. The van der Waals surface area contributed by atoms with Crippen LogP contribution in [-0.4, -0.2) is 53.1 Å². The predicted molar refractivity (Wildman–Crippen MR) is 101 cm³/mol. The van der Waals surface area contributed by atoms with Crippen LogP contribution in [0.3, 0.4) is 0 Å². The number of hydrogen-bond donors (Lipinski definition) is 1. The lowest BCUT2D eigenvalue weighted by atomic mass is 9.85. The van der Waals surface area contributed by atoms with Crippen LogP contribution in [0.5, 0.6) is 0 Å². The van der Waals surface area contributed by atoms with Crippen molar-refractivity contribution in [1.82, 2.24) is 9.88 Å². The molecule has 1 N–H and O–H groups in total. The summed E-state index contributed by atoms with van der Waals surface area (Å²) in [5.41, 5.74) is 0.567. The number of esters is 1. The van der Waals surface area contributed by atoms with Crippen LogP contribution in [-0.2, 0) is 25.5 Å². The molecule has 0 aromatic carbocycles. The molecule has 9 heteroatoms. The lowest BCUT2D eigenvalue weighted by molar-refractivity contribution is -0.152. The van der Waals surface area contributed by atoms with Gasteiger partial charge in [-0.2, -0.15) is 0 Å². The highest BCUT2D eigenvalue weighted by molar-refractivity contribution is 7.17. The second-order valence-electron chi connectivity index (χ2n) is 7.65. The summed E-state index contributed by atoms with van der Waals surface area (Å²) >= 11 is 1.19. The van der Waals surface area contributed by atoms with Crippen molar-refractivity contribution in [2.75, 3.05) is 19.0 Å². The Bertz CT molecular complexity index is 832. The first-order valence-electron chi connectivity index (χ1n) is 9.70. The van der Waals surface area contributed by atoms with Gasteiger partial charge in [0.2, 0.25) is 11.8 Å². The van der Waals surface area contributed by atoms with Gasteiger partial charge in [-0.3, -0.25) is 14.4 Å². The molecule has 2 amide bonds. The van der Waals surface area contributed by atoms with Gasteiger partial charge in [0.05, 0.1) is 23.6 Å². The van der Waals surface area contributed by atoms with Crippen LogP contribution in [0, 0.1) is 11.8 Å². The molecule has 2 aliphatic carbocycles. The molecule has 0 spiro atoms. The number of nitrogens with one attached hydrogen (secondary N) is 1. The Kier molecular flexibility index (Phi) is 5.18. The summed E-state index contributed by atoms with van der Waals surface area (Å²) in [4.78, 5) is 56.1. The van der Waals surface area contributed by atoms with E-state index < -0.39 is 17.9 Å². The number of Topliss-reactive ketones (excluding diaryl/α,β-unsaturated/α-hetero) is 1. The number of likely N-dealkylation sites (tertiary alicyclic amines) is 1. The number of rotatable bonds is 4. The number of ether oxygens (including phenoxy) is 1. The molecule has 1 saturated carbocycles. The van der Waals surface area contributed by atoms with E-state index in [0.717, 1.165) is 25.7 Å². The Hall–Kier alpha value is -2.29. The molecule has 8 nitrogen and oxygen atoms in total. The van der Waals surface area contributed by atoms with E-state index in [1.54, 1.807) is 4.90 Å². The smallest absolute Gasteiger partial charge is 0.328 e. The van der Waals surface area contributed by atoms with Gasteiger partial charge in [0, 0.05) is 25.3 Å². The minimum atomic E-state index is -0.568. The topological polar surface area (TPSA) is 106 Å². The van der Waals surface area contributed by atoms with Crippen molar-refractivity contribution >= 4 is 40.0 Å². The first kappa shape index (κ1) is 19.0. The molecule has 0 radical (unpaired) electrons. The summed E-state index contributed by atoms with van der Waals surface area (Å²) in [6.07, 6.45) is 4.63. The van der Waals surface area contributed by atoms with Crippen molar-refractivity contribution in [3.63, 3.8) is 0 Å². The highest BCUT2D eigenvalue weighted by Crippen LogP contribution is 2.35. The molecule has 1 aromatic rings. The summed E-state index contributed by atoms with van der Waals surface area (Å²) in [7, 11) is 1.31. The van der Waals surface area contributed by atoms with Gasteiger partial charge in [0.1, 0.15) is 6.04 Å². The fourth-order valence-electron chi connectivity index (χ4n) is 4.08. The number of amides is 2. The third kappa shape index (κ3) is 3.43. The quantitative estimate of drug-likeness (QED) is 0.766. The minimum absolute atomic E-state index is 0.0383. The number of hydrogen-bond acceptors (Lipinski definition) is 7. The summed E-state index contributed by atoms with van der Waals surface area (Å²) in [6, 6.07) is -0.568. The lowest BCUT2D eigenvalue weighted by Crippen LogP contribution is -2.45. The third-order valence-electron chi connectivity index (χ3n) is 5.89. The first-order chi connectivity index (χ1) is 13.5. The molecule has 1 aromatic heterocycles. The largest absolute Gasteiger partial charge is 0.467 e. The van der Waals surface area contributed by atoms with Gasteiger partial charge < -0.3 is 15.0 Å². The van der Waals surface area contributed by atoms with E-state index in [4.69, 9.17) is 4.74 Å². The molecule has 28 heavy (non-hydrogen) atoms. The zero-order valence-corrected chi connectivity index (χ0v) is 16.5. The van der Waals surface area contributed by atoms with Crippen LogP contribution >= 0.6 is 11.3 Å². The van der Waals surface area contributed by atoms with Gasteiger partial charge in [-0.15, -0.1) is 0 Å². The minimum Gasteiger partial charge on any atom is -0.467 e. The number of thiazole rings is 1. The van der Waals surface area contributed by atoms with E-state index in [2.05, 4.69) is 10.3 Å². The predicted octanol–water partition coefficient (Wildman–Crippen LogP) is 1.79. The maximum absolute atomic E-state index is 13.0. The summed E-state index contributed by atoms with van der Waals surface area (Å²) < 4.78 is 4.80. The average Bonchev–Trinajstić information content (AvgIpc) is 3.25. The number of carbonyl (C=O) groups excluding carboxylic acids is 4. The molecule has 1 saturated heterocycles. The van der Waals surface area contributed by atoms with E-state index >= 15 is 0 Å². The normalized spacial score (nSPS) is 24.5. The van der Waals surface area contributed by atoms with E-state index in [0.29, 0.717) is 35.1 Å². The van der Waals surface area contributed by atoms with Gasteiger partial charge >= 0.3 is 5.97 Å². The number of nitrogens with zero attached hydrogens (tertiary/aromatic N) is 2. The van der Waals surface area contributed by atoms with Crippen LogP contribution in [0.4, 0.5) is 5.13 Å². The van der Waals surface area contributed by atoms with Crippen molar-refractivity contribution in [2.24, 2.45) is 11.8 Å². The van der Waals surface area contributed by atoms with E-state index in [1.807, 2.05) is 0 Å². The Balaban J connectivity index is 1.46. The van der Waals surface area contributed by atoms with Gasteiger partial charge in [0.25, 0.3) is 0 Å². The molecular weight excluding hydrogens is 382 g/mol. The maximum Gasteiger partial charge on any atom is 0.328 e. The number of anilines is 1. The van der Waals surface area contributed by atoms with Crippen LogP contribution in [0.15, 0.2) is 0 Å². The van der Waals surface area contributed by atoms with Crippen molar-refractivity contribution in [1.29, 1.82) is 0 Å². The first-order valence-corrected chi connectivity index (χ1v) is 10.5. The molecule has 2 fully saturated rings. The molecule has 0 bridgehead atoms. The fourth-order valence-corrected chi connectivity index (χ4v) is 5.03. The summed E-state index contributed by atoms with van der Waals surface area (Å²) in [5.74, 6) is -1.27. The number of fused-ring (bicyclic) bond motifs is 1. The summed E-state index contributed by atoms with van der Waals surface area (Å²) in [5, 5.41) is 3.24. The van der Waals surface area contributed by atoms with Crippen LogP contribution in [0.2, 0.25) is 0 Å². The Morgan fingerprint density at radius 2 is 1.93 bits per heavy atom. The summed E-state index contributed by atoms with van der Waals surface area (Å²) in [6.45, 7) is 0.496. The molecule has 1 aliphatic heterocycles. The Morgan fingerprint density at radius 3 is 2.61 bits per heavy atom. The van der Waals surface area contributed by atoms with Crippen LogP contribution in [0.1, 0.15) is 53.9 Å². The monoisotopic (exact) mass is 405 g/mol. The molecule has 2 atom stereocenters. The zero-order valence-electron chi connectivity index (χ0n) is 15.7. The van der Waals surface area contributed by atoms with Crippen molar-refractivity contribution < 1.29 is 23.9 Å². The highest BCUT2D eigenvalue weighted by Gasteiger charge is 2.41. The van der Waals surface area contributed by atoms with Gasteiger partial charge in [-0.1, -0.05) is 17.8 Å². The van der Waals surface area contributed by atoms with E-state index in [9.17, 15) is 19.2 Å². The van der Waals surface area contributed by atoms with Crippen molar-refractivity contribution in [2.45, 2.75) is 51.0 Å². The number of aromatic nitrogens is 1. The molecule has 4 rings (SSSR count). The molecule has 0 unspecified atom stereocenters. The lowest BCUT2D eigenvalue weighted by Gasteiger charge is -2.28. The average molecular weight is 405 g/mol. The van der Waals surface area contributed by atoms with Crippen LogP contribution in [0.25, 0.3) is 0 Å². The van der Waals surface area contributed by atoms with Crippen molar-refractivity contribution in [3.05, 3.63) is 10.6 Å². The molecule has 2 heterocycles. The Morgan fingerprint density at radius 1 is 1.14 bits per heavy atom. The Labute approximate surface area is 166 Å². The van der Waals surface area contributed by atoms with Crippen molar-refractivity contribution in [3.8, 4) is 0 Å². The second kappa shape index (κ2) is 7.62. The number of ketones is 1. The SMILES string of the molecule is COC(=O)[C@@H]1CCCN1C(=O)[C@@H]1CC(=O)c2sc(NC(=O)C3CCC3)nc2C1. The fraction of sp³-hybridized carbons (Fsp3) is 0.632. The van der Waals surface area contributed by atoms with Crippen LogP contribution < -0.4 is 5.32 Å². The van der Waals surface area contributed by atoms with Gasteiger partial charge in [-0.05, 0) is 25.7 Å². The third-order valence-corrected chi connectivity index (χ3v) is 6.94. The number of methoxy groups -OCH3 is 1. The zero-order chi connectivity index (χ0) is 19.8. The van der Waals surface area contributed by atoms with Gasteiger partial charge in [-0.25, -0.2) is 9.78 Å². The molecular formula is C19H23N3O5S. The standard InChI is InChI=1S/C19H23N3O5S/c1-27-18(26)13-6-3-7-22(13)17(25)11-8-12-15(14(23)9-11)28-19(20-12)21-16(24)10-4-2-5-10/h10-11,13H,2-9H2,1H3,(H,20,21,24)/t11-,13-/m0/s1. The van der Waals surface area contributed by atoms with E-state index in [1.165, 1.54) is 18.4 Å². The highest BCUT2D eigenvalue weighted by atomic mass is 32.1. The molecule has 150 valence electrons. The van der Waals surface area contributed by atoms with E-state index in [-0.39, 0.29) is 29.9 Å². The van der Waals surface area contributed by atoms with Gasteiger partial charge in [0.15, 0.2) is 10.9 Å².